The topological polar surface area (TPSA) is 85.6 Å². The van der Waals surface area contributed by atoms with Gasteiger partial charge in [0.2, 0.25) is 0 Å². The van der Waals surface area contributed by atoms with Crippen LogP contribution in [0.4, 0.5) is 10.1 Å². The molecule has 9 heteroatoms. The molecule has 1 heterocycles. The van der Waals surface area contributed by atoms with Crippen molar-refractivity contribution in [2.24, 2.45) is 5.10 Å². The van der Waals surface area contributed by atoms with Gasteiger partial charge in [-0.1, -0.05) is 66.2 Å². The van der Waals surface area contributed by atoms with Crippen molar-refractivity contribution >= 4 is 55.4 Å². The van der Waals surface area contributed by atoms with E-state index < -0.39 is 11.7 Å². The summed E-state index contributed by atoms with van der Waals surface area (Å²) in [7, 11) is 0. The van der Waals surface area contributed by atoms with E-state index >= 15 is 0 Å². The molecule has 1 atom stereocenters. The van der Waals surface area contributed by atoms with Crippen LogP contribution in [0.2, 0.25) is 0 Å². The normalized spacial score (nSPS) is 12.2. The third-order valence-corrected chi connectivity index (χ3v) is 7.08. The molecule has 1 aromatic heterocycles. The third-order valence-electron chi connectivity index (χ3n) is 6.59. The SMILES string of the molecule is CC[C@@H](C)c1nc2ccc(Br)cc2c(=O)n1N=Cc1c(OCC(=O)Nc2cccc(F)c2)ccc2ccccc12. The number of carbonyl (C=O) groups is 1. The first-order valence-corrected chi connectivity index (χ1v) is 13.6. The number of fused-ring (bicyclic) bond motifs is 2. The van der Waals surface area contributed by atoms with Gasteiger partial charge in [-0.3, -0.25) is 9.59 Å². The van der Waals surface area contributed by atoms with Gasteiger partial charge < -0.3 is 10.1 Å². The zero-order chi connectivity index (χ0) is 28.2. The van der Waals surface area contributed by atoms with Gasteiger partial charge in [0.05, 0.1) is 17.1 Å². The van der Waals surface area contributed by atoms with Crippen molar-refractivity contribution < 1.29 is 13.9 Å². The molecule has 40 heavy (non-hydrogen) atoms. The van der Waals surface area contributed by atoms with Gasteiger partial charge in [-0.15, -0.1) is 0 Å². The number of halogens is 2. The lowest BCUT2D eigenvalue weighted by molar-refractivity contribution is -0.118. The van der Waals surface area contributed by atoms with Gasteiger partial charge in [-0.2, -0.15) is 9.78 Å². The van der Waals surface area contributed by atoms with Gasteiger partial charge in [0.15, 0.2) is 6.61 Å². The van der Waals surface area contributed by atoms with Crippen LogP contribution < -0.4 is 15.6 Å². The van der Waals surface area contributed by atoms with Crippen molar-refractivity contribution in [2.75, 3.05) is 11.9 Å². The average Bonchev–Trinajstić information content (AvgIpc) is 2.95. The Kier molecular flexibility index (Phi) is 8.02. The van der Waals surface area contributed by atoms with Crippen LogP contribution in [-0.4, -0.2) is 28.4 Å². The first kappa shape index (κ1) is 27.2. The van der Waals surface area contributed by atoms with Gasteiger partial charge >= 0.3 is 0 Å². The molecule has 0 aliphatic rings. The summed E-state index contributed by atoms with van der Waals surface area (Å²) in [6.45, 7) is 3.73. The molecule has 5 aromatic rings. The summed E-state index contributed by atoms with van der Waals surface area (Å²) in [6.07, 6.45) is 2.34. The van der Waals surface area contributed by atoms with Gasteiger partial charge in [0.25, 0.3) is 11.5 Å². The largest absolute Gasteiger partial charge is 0.483 e. The molecule has 0 spiro atoms. The van der Waals surface area contributed by atoms with E-state index in [0.29, 0.717) is 33.7 Å². The molecule has 0 saturated carbocycles. The van der Waals surface area contributed by atoms with Crippen LogP contribution >= 0.6 is 15.9 Å². The van der Waals surface area contributed by atoms with Gasteiger partial charge in [-0.25, -0.2) is 9.37 Å². The first-order valence-electron chi connectivity index (χ1n) is 12.8. The van der Waals surface area contributed by atoms with Crippen LogP contribution in [0, 0.1) is 5.82 Å². The van der Waals surface area contributed by atoms with E-state index in [4.69, 9.17) is 9.72 Å². The highest BCUT2D eigenvalue weighted by Gasteiger charge is 2.17. The lowest BCUT2D eigenvalue weighted by atomic mass is 10.0. The monoisotopic (exact) mass is 600 g/mol. The minimum Gasteiger partial charge on any atom is -0.483 e. The number of hydrogen-bond donors (Lipinski definition) is 1. The summed E-state index contributed by atoms with van der Waals surface area (Å²) in [5.74, 6) is 0.0467. The number of anilines is 1. The summed E-state index contributed by atoms with van der Waals surface area (Å²) >= 11 is 3.44. The number of ether oxygens (including phenoxy) is 1. The summed E-state index contributed by atoms with van der Waals surface area (Å²) in [5.41, 5.74) is 1.26. The Labute approximate surface area is 238 Å². The number of amides is 1. The molecule has 4 aromatic carbocycles. The van der Waals surface area contributed by atoms with Crippen LogP contribution in [0.25, 0.3) is 21.7 Å². The molecule has 202 valence electrons. The Morgan fingerprint density at radius 3 is 2.73 bits per heavy atom. The fourth-order valence-electron chi connectivity index (χ4n) is 4.34. The van der Waals surface area contributed by atoms with Crippen molar-refractivity contribution in [3.8, 4) is 5.75 Å². The lowest BCUT2D eigenvalue weighted by Crippen LogP contribution is -2.24. The molecule has 1 N–H and O–H groups in total. The summed E-state index contributed by atoms with van der Waals surface area (Å²) in [6, 6.07) is 22.4. The highest BCUT2D eigenvalue weighted by Crippen LogP contribution is 2.27. The van der Waals surface area contributed by atoms with Crippen molar-refractivity contribution in [1.82, 2.24) is 9.66 Å². The quantitative estimate of drug-likeness (QED) is 0.197. The third kappa shape index (κ3) is 5.79. The van der Waals surface area contributed by atoms with Gasteiger partial charge in [-0.05, 0) is 59.7 Å². The molecule has 7 nitrogen and oxygen atoms in total. The predicted molar refractivity (Wildman–Crippen MR) is 160 cm³/mol. The number of carbonyl (C=O) groups excluding carboxylic acids is 1. The van der Waals surface area contributed by atoms with E-state index in [1.165, 1.54) is 22.9 Å². The van der Waals surface area contributed by atoms with E-state index in [-0.39, 0.29) is 18.1 Å². The molecule has 0 bridgehead atoms. The second-order valence-corrected chi connectivity index (χ2v) is 10.3. The molecule has 1 amide bonds. The maximum atomic E-state index is 13.6. The fourth-order valence-corrected chi connectivity index (χ4v) is 4.70. The number of rotatable bonds is 8. The second-order valence-electron chi connectivity index (χ2n) is 9.35. The maximum absolute atomic E-state index is 13.6. The molecule has 0 radical (unpaired) electrons. The van der Waals surface area contributed by atoms with Crippen molar-refractivity contribution in [3.05, 3.63) is 111 Å². The Hall–Kier alpha value is -4.37. The Morgan fingerprint density at radius 2 is 1.93 bits per heavy atom. The van der Waals surface area contributed by atoms with Crippen LogP contribution in [0.5, 0.6) is 5.75 Å². The molecule has 0 fully saturated rings. The van der Waals surface area contributed by atoms with Crippen molar-refractivity contribution in [3.63, 3.8) is 0 Å². The van der Waals surface area contributed by atoms with E-state index in [9.17, 15) is 14.0 Å². The van der Waals surface area contributed by atoms with E-state index in [1.54, 1.807) is 24.4 Å². The molecule has 0 saturated heterocycles. The van der Waals surface area contributed by atoms with Gasteiger partial charge in [0, 0.05) is 21.6 Å². The van der Waals surface area contributed by atoms with Crippen LogP contribution in [0.3, 0.4) is 0 Å². The molecular formula is C31H26BrFN4O3. The number of nitrogens with zero attached hydrogens (tertiary/aromatic N) is 3. The molecule has 0 aliphatic heterocycles. The van der Waals surface area contributed by atoms with E-state index in [2.05, 4.69) is 26.3 Å². The number of nitrogens with one attached hydrogen (secondary N) is 1. The van der Waals surface area contributed by atoms with Crippen LogP contribution in [0.15, 0.2) is 93.2 Å². The van der Waals surface area contributed by atoms with E-state index in [1.807, 2.05) is 56.3 Å². The fraction of sp³-hybridized carbons (Fsp3) is 0.161. The molecule has 0 aliphatic carbocycles. The van der Waals surface area contributed by atoms with Crippen LogP contribution in [0.1, 0.15) is 37.6 Å². The summed E-state index contributed by atoms with van der Waals surface area (Å²) < 4.78 is 21.5. The molecule has 0 unspecified atom stereocenters. The van der Waals surface area contributed by atoms with Crippen molar-refractivity contribution in [1.29, 1.82) is 0 Å². The maximum Gasteiger partial charge on any atom is 0.282 e. The Morgan fingerprint density at radius 1 is 1.10 bits per heavy atom. The highest BCUT2D eigenvalue weighted by molar-refractivity contribution is 9.10. The van der Waals surface area contributed by atoms with Gasteiger partial charge in [0.1, 0.15) is 17.4 Å². The Bertz CT molecular complexity index is 1820. The first-order chi connectivity index (χ1) is 19.3. The number of aromatic nitrogens is 2. The number of hydrogen-bond acceptors (Lipinski definition) is 5. The summed E-state index contributed by atoms with van der Waals surface area (Å²) in [4.78, 5) is 30.9. The zero-order valence-electron chi connectivity index (χ0n) is 21.9. The smallest absolute Gasteiger partial charge is 0.282 e. The minimum absolute atomic E-state index is 0.0207. The number of benzene rings is 4. The summed E-state index contributed by atoms with van der Waals surface area (Å²) in [5, 5.41) is 9.47. The van der Waals surface area contributed by atoms with E-state index in [0.717, 1.165) is 21.7 Å². The zero-order valence-corrected chi connectivity index (χ0v) is 23.5. The van der Waals surface area contributed by atoms with Crippen molar-refractivity contribution in [2.45, 2.75) is 26.2 Å². The molecule has 5 rings (SSSR count). The molecular weight excluding hydrogens is 575 g/mol. The highest BCUT2D eigenvalue weighted by atomic mass is 79.9. The standard InChI is InChI=1S/C31H26BrFN4O3/c1-3-19(2)30-36-27-13-12-21(32)15-25(27)31(39)37(30)34-17-26-24-10-5-4-7-20(24)11-14-28(26)40-18-29(38)35-23-9-6-8-22(33)16-23/h4-17,19H,3,18H2,1-2H3,(H,35,38)/t19-/m1/s1. The van der Waals surface area contributed by atoms with Crippen LogP contribution in [-0.2, 0) is 4.79 Å². The predicted octanol–water partition coefficient (Wildman–Crippen LogP) is 6.86. The second kappa shape index (κ2) is 11.8. The average molecular weight is 601 g/mol. The lowest BCUT2D eigenvalue weighted by Gasteiger charge is -2.15. The Balaban J connectivity index is 1.54. The minimum atomic E-state index is -0.450.